The van der Waals surface area contributed by atoms with Gasteiger partial charge in [0.15, 0.2) is 0 Å². The molecule has 1 rings (SSSR count). The predicted octanol–water partition coefficient (Wildman–Crippen LogP) is 3.16. The molecule has 0 radical (unpaired) electrons. The fraction of sp³-hybridized carbons (Fsp3) is 0.538. The maximum atomic E-state index is 6.14. The van der Waals surface area contributed by atoms with Crippen molar-refractivity contribution in [1.82, 2.24) is 5.32 Å². The summed E-state index contributed by atoms with van der Waals surface area (Å²) in [5.41, 5.74) is 2.17. The fourth-order valence-corrected chi connectivity index (χ4v) is 1.67. The Morgan fingerprint density at radius 1 is 1.38 bits per heavy atom. The zero-order valence-electron chi connectivity index (χ0n) is 10.4. The molecule has 0 atom stereocenters. The Morgan fingerprint density at radius 2 is 2.06 bits per heavy atom. The molecule has 0 fully saturated rings. The first-order chi connectivity index (χ1) is 7.44. The van der Waals surface area contributed by atoms with Crippen LogP contribution >= 0.6 is 11.6 Å². The molecule has 0 spiro atoms. The van der Waals surface area contributed by atoms with E-state index in [0.717, 1.165) is 23.7 Å². The van der Waals surface area contributed by atoms with Gasteiger partial charge in [-0.1, -0.05) is 23.7 Å². The molecular formula is C13H20ClNO. The zero-order chi connectivity index (χ0) is 12.2. The van der Waals surface area contributed by atoms with Crippen molar-refractivity contribution in [2.24, 2.45) is 0 Å². The van der Waals surface area contributed by atoms with Crippen LogP contribution in [0.3, 0.4) is 0 Å². The van der Waals surface area contributed by atoms with Gasteiger partial charge in [-0.15, -0.1) is 0 Å². The zero-order valence-corrected chi connectivity index (χ0v) is 11.2. The number of ether oxygens (including phenoxy) is 1. The fourth-order valence-electron chi connectivity index (χ4n) is 1.37. The molecule has 1 aromatic rings. The minimum Gasteiger partial charge on any atom is -0.377 e. The number of benzene rings is 1. The van der Waals surface area contributed by atoms with Gasteiger partial charge >= 0.3 is 0 Å². The van der Waals surface area contributed by atoms with Crippen LogP contribution < -0.4 is 5.32 Å². The highest BCUT2D eigenvalue weighted by Crippen LogP contribution is 2.17. The molecule has 0 saturated heterocycles. The quantitative estimate of drug-likeness (QED) is 0.855. The van der Waals surface area contributed by atoms with E-state index in [9.17, 15) is 0 Å². The molecule has 90 valence electrons. The van der Waals surface area contributed by atoms with Crippen LogP contribution in [0.4, 0.5) is 0 Å². The minimum absolute atomic E-state index is 0.142. The number of nitrogens with one attached hydrogen (secondary N) is 1. The van der Waals surface area contributed by atoms with Gasteiger partial charge in [0.05, 0.1) is 5.60 Å². The van der Waals surface area contributed by atoms with Crippen molar-refractivity contribution in [2.45, 2.75) is 32.9 Å². The van der Waals surface area contributed by atoms with Gasteiger partial charge in [-0.05, 0) is 38.0 Å². The van der Waals surface area contributed by atoms with Gasteiger partial charge in [-0.25, -0.2) is 0 Å². The molecule has 0 unspecified atom stereocenters. The van der Waals surface area contributed by atoms with Crippen LogP contribution in [0.25, 0.3) is 0 Å². The first kappa shape index (κ1) is 13.5. The number of halogens is 1. The van der Waals surface area contributed by atoms with E-state index >= 15 is 0 Å². The summed E-state index contributed by atoms with van der Waals surface area (Å²) >= 11 is 6.14. The predicted molar refractivity (Wildman–Crippen MR) is 69.0 cm³/mol. The molecule has 1 N–H and O–H groups in total. The minimum atomic E-state index is -0.142. The van der Waals surface area contributed by atoms with E-state index in [-0.39, 0.29) is 5.60 Å². The Bertz CT molecular complexity index is 350. The van der Waals surface area contributed by atoms with Gasteiger partial charge in [0, 0.05) is 25.2 Å². The first-order valence-electron chi connectivity index (χ1n) is 5.45. The first-order valence-corrected chi connectivity index (χ1v) is 5.83. The number of methoxy groups -OCH3 is 1. The normalized spacial score (nSPS) is 11.8. The van der Waals surface area contributed by atoms with Crippen molar-refractivity contribution in [1.29, 1.82) is 0 Å². The Labute approximate surface area is 103 Å². The van der Waals surface area contributed by atoms with Crippen LogP contribution in [-0.4, -0.2) is 19.3 Å². The van der Waals surface area contributed by atoms with Crippen LogP contribution in [0.5, 0.6) is 0 Å². The van der Waals surface area contributed by atoms with Crippen molar-refractivity contribution in [2.75, 3.05) is 13.7 Å². The molecular weight excluding hydrogens is 222 g/mol. The molecule has 0 saturated carbocycles. The molecule has 0 bridgehead atoms. The highest BCUT2D eigenvalue weighted by atomic mass is 35.5. The summed E-state index contributed by atoms with van der Waals surface area (Å²) in [6.07, 6.45) is 0. The lowest BCUT2D eigenvalue weighted by molar-refractivity contribution is 0.0231. The van der Waals surface area contributed by atoms with E-state index in [1.54, 1.807) is 7.11 Å². The third-order valence-corrected chi connectivity index (χ3v) is 2.98. The highest BCUT2D eigenvalue weighted by molar-refractivity contribution is 6.31. The Morgan fingerprint density at radius 3 is 2.62 bits per heavy atom. The third-order valence-electron chi connectivity index (χ3n) is 2.63. The molecule has 2 nitrogen and oxygen atoms in total. The third kappa shape index (κ3) is 4.12. The molecule has 0 amide bonds. The highest BCUT2D eigenvalue weighted by Gasteiger charge is 2.15. The standard InChI is InChI=1S/C13H20ClNO/c1-10-5-6-11(12(14)7-10)8-15-9-13(2,3)16-4/h5-7,15H,8-9H2,1-4H3. The molecule has 0 aromatic heterocycles. The van der Waals surface area contributed by atoms with Gasteiger partial charge in [0.25, 0.3) is 0 Å². The number of hydrogen-bond acceptors (Lipinski definition) is 2. The van der Waals surface area contributed by atoms with Gasteiger partial charge in [0.2, 0.25) is 0 Å². The van der Waals surface area contributed by atoms with Gasteiger partial charge in [0.1, 0.15) is 0 Å². The van der Waals surface area contributed by atoms with Gasteiger partial charge in [-0.2, -0.15) is 0 Å². The maximum absolute atomic E-state index is 6.14. The summed E-state index contributed by atoms with van der Waals surface area (Å²) in [4.78, 5) is 0. The van der Waals surface area contributed by atoms with E-state index in [2.05, 4.69) is 31.3 Å². The summed E-state index contributed by atoms with van der Waals surface area (Å²) in [5, 5.41) is 4.17. The average Bonchev–Trinajstić information content (AvgIpc) is 2.21. The molecule has 0 aliphatic carbocycles. The van der Waals surface area contributed by atoms with Crippen LogP contribution in [0.1, 0.15) is 25.0 Å². The lowest BCUT2D eigenvalue weighted by atomic mass is 10.1. The second-order valence-corrected chi connectivity index (χ2v) is 5.07. The molecule has 0 heterocycles. The summed E-state index contributed by atoms with van der Waals surface area (Å²) in [6.45, 7) is 7.71. The van der Waals surface area contributed by atoms with Crippen LogP contribution in [0.15, 0.2) is 18.2 Å². The lowest BCUT2D eigenvalue weighted by Crippen LogP contribution is -2.36. The van der Waals surface area contributed by atoms with Crippen molar-refractivity contribution < 1.29 is 4.74 Å². The van der Waals surface area contributed by atoms with E-state index in [0.29, 0.717) is 0 Å². The van der Waals surface area contributed by atoms with Crippen LogP contribution in [-0.2, 0) is 11.3 Å². The Balaban J connectivity index is 2.49. The van der Waals surface area contributed by atoms with Crippen molar-refractivity contribution in [3.05, 3.63) is 34.3 Å². The van der Waals surface area contributed by atoms with Crippen molar-refractivity contribution in [3.63, 3.8) is 0 Å². The van der Waals surface area contributed by atoms with Gasteiger partial charge < -0.3 is 10.1 Å². The summed E-state index contributed by atoms with van der Waals surface area (Å²) in [7, 11) is 1.72. The molecule has 0 aliphatic rings. The van der Waals surface area contributed by atoms with E-state index < -0.39 is 0 Å². The molecule has 0 aliphatic heterocycles. The van der Waals surface area contributed by atoms with Crippen molar-refractivity contribution >= 4 is 11.6 Å². The van der Waals surface area contributed by atoms with Gasteiger partial charge in [-0.3, -0.25) is 0 Å². The smallest absolute Gasteiger partial charge is 0.0746 e. The second-order valence-electron chi connectivity index (χ2n) is 4.66. The van der Waals surface area contributed by atoms with E-state index in [1.165, 1.54) is 5.56 Å². The van der Waals surface area contributed by atoms with Crippen LogP contribution in [0.2, 0.25) is 5.02 Å². The second kappa shape index (κ2) is 5.67. The van der Waals surface area contributed by atoms with Crippen LogP contribution in [0, 0.1) is 6.92 Å². The summed E-state index contributed by atoms with van der Waals surface area (Å²) in [6, 6.07) is 6.12. The van der Waals surface area contributed by atoms with E-state index in [1.807, 2.05) is 13.0 Å². The largest absolute Gasteiger partial charge is 0.377 e. The number of hydrogen-bond donors (Lipinski definition) is 1. The topological polar surface area (TPSA) is 21.3 Å². The SMILES string of the molecule is COC(C)(C)CNCc1ccc(C)cc1Cl. The Hall–Kier alpha value is -0.570. The summed E-state index contributed by atoms with van der Waals surface area (Å²) < 4.78 is 5.33. The number of aryl methyl sites for hydroxylation is 1. The molecule has 16 heavy (non-hydrogen) atoms. The Kier molecular flexibility index (Phi) is 4.78. The number of rotatable bonds is 5. The van der Waals surface area contributed by atoms with Crippen molar-refractivity contribution in [3.8, 4) is 0 Å². The maximum Gasteiger partial charge on any atom is 0.0746 e. The monoisotopic (exact) mass is 241 g/mol. The summed E-state index contributed by atoms with van der Waals surface area (Å²) in [5.74, 6) is 0. The average molecular weight is 242 g/mol. The molecule has 1 aromatic carbocycles. The molecule has 3 heteroatoms. The van der Waals surface area contributed by atoms with E-state index in [4.69, 9.17) is 16.3 Å². The lowest BCUT2D eigenvalue weighted by Gasteiger charge is -2.23.